The zero-order chi connectivity index (χ0) is 14.1. The van der Waals surface area contributed by atoms with E-state index in [1.165, 1.54) is 5.56 Å². The predicted molar refractivity (Wildman–Crippen MR) is 82.3 cm³/mol. The molecule has 1 heterocycles. The summed E-state index contributed by atoms with van der Waals surface area (Å²) in [5.41, 5.74) is 4.20. The van der Waals surface area contributed by atoms with Crippen LogP contribution in [-0.4, -0.2) is 12.1 Å². The molecule has 1 aliphatic heterocycles. The molecule has 3 rings (SSSR count). The molecule has 102 valence electrons. The van der Waals surface area contributed by atoms with E-state index in [4.69, 9.17) is 0 Å². The van der Waals surface area contributed by atoms with Crippen molar-refractivity contribution in [1.29, 1.82) is 0 Å². The summed E-state index contributed by atoms with van der Waals surface area (Å²) in [6, 6.07) is 16.1. The van der Waals surface area contributed by atoms with Crippen LogP contribution in [0.15, 0.2) is 48.5 Å². The quantitative estimate of drug-likeness (QED) is 0.832. The second-order valence-electron chi connectivity index (χ2n) is 5.30. The van der Waals surface area contributed by atoms with E-state index in [1.54, 1.807) is 0 Å². The third-order valence-corrected chi connectivity index (χ3v) is 3.81. The minimum atomic E-state index is -0.0586. The van der Waals surface area contributed by atoms with E-state index in [-0.39, 0.29) is 12.1 Å². The lowest BCUT2D eigenvalue weighted by Gasteiger charge is -2.23. The Labute approximate surface area is 119 Å². The fourth-order valence-electron chi connectivity index (χ4n) is 2.76. The van der Waals surface area contributed by atoms with Gasteiger partial charge in [0.1, 0.15) is 0 Å². The number of nitrogens with one attached hydrogen (secondary N) is 1. The molecular weight excluding hydrogens is 248 g/mol. The SMILES string of the molecule is Cc1ccccc1NC(=O)N1c2ccccc2C[C@H]1C. The zero-order valence-electron chi connectivity index (χ0n) is 11.8. The molecule has 20 heavy (non-hydrogen) atoms. The molecule has 0 unspecified atom stereocenters. The third-order valence-electron chi connectivity index (χ3n) is 3.81. The molecule has 3 nitrogen and oxygen atoms in total. The lowest BCUT2D eigenvalue weighted by atomic mass is 10.1. The van der Waals surface area contributed by atoms with Crippen molar-refractivity contribution in [3.63, 3.8) is 0 Å². The Kier molecular flexibility index (Phi) is 3.18. The van der Waals surface area contributed by atoms with Gasteiger partial charge in [0.2, 0.25) is 0 Å². The van der Waals surface area contributed by atoms with Gasteiger partial charge in [-0.1, -0.05) is 36.4 Å². The number of rotatable bonds is 1. The van der Waals surface area contributed by atoms with Gasteiger partial charge in [0.15, 0.2) is 0 Å². The lowest BCUT2D eigenvalue weighted by Crippen LogP contribution is -2.39. The Balaban J connectivity index is 1.86. The van der Waals surface area contributed by atoms with Gasteiger partial charge in [-0.2, -0.15) is 0 Å². The van der Waals surface area contributed by atoms with Gasteiger partial charge in [-0.15, -0.1) is 0 Å². The highest BCUT2D eigenvalue weighted by Crippen LogP contribution is 2.32. The molecule has 0 aliphatic carbocycles. The summed E-state index contributed by atoms with van der Waals surface area (Å²) in [6.45, 7) is 4.08. The highest BCUT2D eigenvalue weighted by molar-refractivity contribution is 6.04. The van der Waals surface area contributed by atoms with Crippen molar-refractivity contribution in [1.82, 2.24) is 0 Å². The Morgan fingerprint density at radius 1 is 1.15 bits per heavy atom. The maximum atomic E-state index is 12.6. The molecule has 0 radical (unpaired) electrons. The third kappa shape index (κ3) is 2.16. The van der Waals surface area contributed by atoms with Crippen LogP contribution >= 0.6 is 0 Å². The van der Waals surface area contributed by atoms with Gasteiger partial charge in [-0.25, -0.2) is 4.79 Å². The van der Waals surface area contributed by atoms with Crippen LogP contribution in [0.3, 0.4) is 0 Å². The predicted octanol–water partition coefficient (Wildman–Crippen LogP) is 3.98. The highest BCUT2D eigenvalue weighted by atomic mass is 16.2. The molecule has 3 heteroatoms. The van der Waals surface area contributed by atoms with E-state index in [0.29, 0.717) is 0 Å². The van der Waals surface area contributed by atoms with Crippen LogP contribution < -0.4 is 10.2 Å². The van der Waals surface area contributed by atoms with Gasteiger partial charge in [0.05, 0.1) is 0 Å². The summed E-state index contributed by atoms with van der Waals surface area (Å²) in [5, 5.41) is 3.01. The topological polar surface area (TPSA) is 32.3 Å². The van der Waals surface area contributed by atoms with Crippen molar-refractivity contribution < 1.29 is 4.79 Å². The normalized spacial score (nSPS) is 16.9. The molecule has 0 spiro atoms. The van der Waals surface area contributed by atoms with E-state index in [0.717, 1.165) is 23.4 Å². The van der Waals surface area contributed by atoms with Crippen molar-refractivity contribution in [3.05, 3.63) is 59.7 Å². The van der Waals surface area contributed by atoms with Gasteiger partial charge in [-0.3, -0.25) is 4.90 Å². The van der Waals surface area contributed by atoms with E-state index in [1.807, 2.05) is 54.3 Å². The molecule has 2 aromatic rings. The van der Waals surface area contributed by atoms with Crippen LogP contribution in [0.5, 0.6) is 0 Å². The number of fused-ring (bicyclic) bond motifs is 1. The number of benzene rings is 2. The number of carbonyl (C=O) groups excluding carboxylic acids is 1. The van der Waals surface area contributed by atoms with E-state index in [2.05, 4.69) is 18.3 Å². The van der Waals surface area contributed by atoms with Crippen LogP contribution in [0.1, 0.15) is 18.1 Å². The Hall–Kier alpha value is -2.29. The molecule has 0 bridgehead atoms. The average molecular weight is 266 g/mol. The van der Waals surface area contributed by atoms with Gasteiger partial charge < -0.3 is 5.32 Å². The first kappa shape index (κ1) is 12.7. The minimum Gasteiger partial charge on any atom is -0.307 e. The standard InChI is InChI=1S/C17H18N2O/c1-12-7-3-5-9-15(12)18-17(20)19-13(2)11-14-8-4-6-10-16(14)19/h3-10,13H,11H2,1-2H3,(H,18,20)/t13-/m1/s1. The molecule has 0 aromatic heterocycles. The number of urea groups is 1. The van der Waals surface area contributed by atoms with Crippen LogP contribution in [0.4, 0.5) is 16.2 Å². The Bertz CT molecular complexity index is 651. The molecule has 1 atom stereocenters. The first-order chi connectivity index (χ1) is 9.66. The monoisotopic (exact) mass is 266 g/mol. The minimum absolute atomic E-state index is 0.0586. The van der Waals surface area contributed by atoms with E-state index >= 15 is 0 Å². The fourth-order valence-corrected chi connectivity index (χ4v) is 2.76. The number of anilines is 2. The molecule has 1 aliphatic rings. The van der Waals surface area contributed by atoms with Crippen molar-refractivity contribution in [2.45, 2.75) is 26.3 Å². The molecule has 0 saturated carbocycles. The number of hydrogen-bond donors (Lipinski definition) is 1. The molecular formula is C17H18N2O. The molecule has 1 N–H and O–H groups in total. The molecule has 0 fully saturated rings. The summed E-state index contributed by atoms with van der Waals surface area (Å²) < 4.78 is 0. The fraction of sp³-hybridized carbons (Fsp3) is 0.235. The zero-order valence-corrected chi connectivity index (χ0v) is 11.8. The van der Waals surface area contributed by atoms with E-state index in [9.17, 15) is 4.79 Å². The van der Waals surface area contributed by atoms with Crippen molar-refractivity contribution in [2.24, 2.45) is 0 Å². The van der Waals surface area contributed by atoms with Gasteiger partial charge in [0.25, 0.3) is 0 Å². The Morgan fingerprint density at radius 3 is 2.65 bits per heavy atom. The Morgan fingerprint density at radius 2 is 1.85 bits per heavy atom. The summed E-state index contributed by atoms with van der Waals surface area (Å²) >= 11 is 0. The largest absolute Gasteiger partial charge is 0.326 e. The number of nitrogens with zero attached hydrogens (tertiary/aromatic N) is 1. The highest BCUT2D eigenvalue weighted by Gasteiger charge is 2.30. The number of para-hydroxylation sites is 2. The summed E-state index contributed by atoms with van der Waals surface area (Å²) in [4.78, 5) is 14.4. The van der Waals surface area contributed by atoms with E-state index < -0.39 is 0 Å². The second kappa shape index (κ2) is 5.00. The molecule has 0 saturated heterocycles. The van der Waals surface area contributed by atoms with Gasteiger partial charge in [0, 0.05) is 17.4 Å². The second-order valence-corrected chi connectivity index (χ2v) is 5.30. The lowest BCUT2D eigenvalue weighted by molar-refractivity contribution is 0.256. The van der Waals surface area contributed by atoms with Gasteiger partial charge in [-0.05, 0) is 43.5 Å². The maximum absolute atomic E-state index is 12.6. The van der Waals surface area contributed by atoms with Crippen LogP contribution in [0.2, 0.25) is 0 Å². The van der Waals surface area contributed by atoms with Gasteiger partial charge >= 0.3 is 6.03 Å². The summed E-state index contributed by atoms with van der Waals surface area (Å²) in [6.07, 6.45) is 0.914. The van der Waals surface area contributed by atoms with Crippen molar-refractivity contribution in [2.75, 3.05) is 10.2 Å². The number of amides is 2. The smallest absolute Gasteiger partial charge is 0.307 e. The van der Waals surface area contributed by atoms with Crippen molar-refractivity contribution >= 4 is 17.4 Å². The number of hydrogen-bond acceptors (Lipinski definition) is 1. The van der Waals surface area contributed by atoms with Crippen LogP contribution in [0.25, 0.3) is 0 Å². The summed E-state index contributed by atoms with van der Waals surface area (Å²) in [7, 11) is 0. The average Bonchev–Trinajstić information content (AvgIpc) is 2.77. The summed E-state index contributed by atoms with van der Waals surface area (Å²) in [5.74, 6) is 0. The maximum Gasteiger partial charge on any atom is 0.326 e. The number of carbonyl (C=O) groups is 1. The van der Waals surface area contributed by atoms with Crippen LogP contribution in [0, 0.1) is 6.92 Å². The first-order valence-electron chi connectivity index (χ1n) is 6.90. The molecule has 2 amide bonds. The number of aryl methyl sites for hydroxylation is 1. The van der Waals surface area contributed by atoms with Crippen LogP contribution in [-0.2, 0) is 6.42 Å². The molecule has 2 aromatic carbocycles. The van der Waals surface area contributed by atoms with Crippen molar-refractivity contribution in [3.8, 4) is 0 Å². The first-order valence-corrected chi connectivity index (χ1v) is 6.90.